The van der Waals surface area contributed by atoms with E-state index in [1.807, 2.05) is 29.7 Å². The highest BCUT2D eigenvalue weighted by Crippen LogP contribution is 2.23. The molecule has 0 radical (unpaired) electrons. The topological polar surface area (TPSA) is 108 Å². The summed E-state index contributed by atoms with van der Waals surface area (Å²) in [4.78, 5) is 24.9. The number of oxazole rings is 1. The van der Waals surface area contributed by atoms with Crippen LogP contribution in [0.5, 0.6) is 0 Å². The van der Waals surface area contributed by atoms with Crippen molar-refractivity contribution in [1.82, 2.24) is 24.3 Å². The van der Waals surface area contributed by atoms with Crippen LogP contribution in [0, 0.1) is 18.8 Å². The largest absolute Gasteiger partial charge is 0.439 e. The minimum Gasteiger partial charge on any atom is -0.439 e. The Morgan fingerprint density at radius 3 is 2.97 bits per heavy atom. The molecule has 1 aromatic carbocycles. The zero-order chi connectivity index (χ0) is 22.2. The Kier molecular flexibility index (Phi) is 5.15. The quantitative estimate of drug-likeness (QED) is 0.493. The van der Waals surface area contributed by atoms with Crippen LogP contribution in [0.4, 0.5) is 5.95 Å². The third-order valence-electron chi connectivity index (χ3n) is 5.84. The average molecular weight is 432 g/mol. The Morgan fingerprint density at radius 1 is 1.31 bits per heavy atom. The van der Waals surface area contributed by atoms with Gasteiger partial charge in [-0.15, -0.1) is 5.92 Å². The van der Waals surface area contributed by atoms with E-state index in [1.54, 1.807) is 13.1 Å². The summed E-state index contributed by atoms with van der Waals surface area (Å²) in [7, 11) is 0. The lowest BCUT2D eigenvalue weighted by Gasteiger charge is -2.31. The molecule has 0 aliphatic carbocycles. The first-order valence-electron chi connectivity index (χ1n) is 10.8. The molecule has 1 atom stereocenters. The molecule has 0 bridgehead atoms. The summed E-state index contributed by atoms with van der Waals surface area (Å²) in [6.07, 6.45) is 3.60. The van der Waals surface area contributed by atoms with Gasteiger partial charge in [-0.05, 0) is 38.3 Å². The first-order chi connectivity index (χ1) is 15.5. The Labute approximate surface area is 184 Å². The van der Waals surface area contributed by atoms with Crippen molar-refractivity contribution in [3.8, 4) is 11.8 Å². The van der Waals surface area contributed by atoms with E-state index in [-0.39, 0.29) is 18.1 Å². The van der Waals surface area contributed by atoms with Crippen LogP contribution in [0.25, 0.3) is 22.1 Å². The van der Waals surface area contributed by atoms with Crippen molar-refractivity contribution in [3.63, 3.8) is 0 Å². The predicted octanol–water partition coefficient (Wildman–Crippen LogP) is 2.04. The van der Waals surface area contributed by atoms with Crippen LogP contribution in [0.15, 0.2) is 33.6 Å². The van der Waals surface area contributed by atoms with Gasteiger partial charge in [-0.1, -0.05) is 18.1 Å². The number of aromatic nitrogens is 5. The summed E-state index contributed by atoms with van der Waals surface area (Å²) in [5.74, 6) is 7.13. The van der Waals surface area contributed by atoms with Crippen molar-refractivity contribution in [2.45, 2.75) is 45.8 Å². The molecule has 4 aromatic rings. The number of nitrogens with two attached hydrogens (primary N) is 1. The van der Waals surface area contributed by atoms with E-state index in [0.717, 1.165) is 30.5 Å². The number of piperidine rings is 1. The summed E-state index contributed by atoms with van der Waals surface area (Å²) in [6, 6.07) is 5.86. The van der Waals surface area contributed by atoms with Crippen molar-refractivity contribution >= 4 is 28.1 Å². The molecule has 32 heavy (non-hydrogen) atoms. The van der Waals surface area contributed by atoms with Gasteiger partial charge in [-0.2, -0.15) is 5.10 Å². The maximum Gasteiger partial charge on any atom is 0.293 e. The number of aryl methyl sites for hydroxylation is 1. The minimum absolute atomic E-state index is 0.0895. The maximum atomic E-state index is 13.4. The second-order valence-corrected chi connectivity index (χ2v) is 8.14. The number of hydrogen-bond donors (Lipinski definition) is 1. The number of hydrogen-bond acceptors (Lipinski definition) is 7. The molecule has 1 unspecified atom stereocenters. The van der Waals surface area contributed by atoms with Gasteiger partial charge in [-0.25, -0.2) is 14.6 Å². The predicted molar refractivity (Wildman–Crippen MR) is 123 cm³/mol. The van der Waals surface area contributed by atoms with Gasteiger partial charge in [0.05, 0.1) is 12.7 Å². The second-order valence-electron chi connectivity index (χ2n) is 8.14. The monoisotopic (exact) mass is 431 g/mol. The highest BCUT2D eigenvalue weighted by molar-refractivity contribution is 5.77. The van der Waals surface area contributed by atoms with Crippen LogP contribution in [0.3, 0.4) is 0 Å². The fourth-order valence-corrected chi connectivity index (χ4v) is 4.25. The molecule has 5 rings (SSSR count). The molecule has 1 saturated heterocycles. The Balaban J connectivity index is 1.58. The lowest BCUT2D eigenvalue weighted by atomic mass is 10.1. The van der Waals surface area contributed by atoms with E-state index in [4.69, 9.17) is 15.1 Å². The van der Waals surface area contributed by atoms with Crippen LogP contribution in [-0.4, -0.2) is 43.4 Å². The van der Waals surface area contributed by atoms with E-state index in [1.165, 1.54) is 4.68 Å². The van der Waals surface area contributed by atoms with E-state index >= 15 is 0 Å². The number of rotatable bonds is 4. The zero-order valence-corrected chi connectivity index (χ0v) is 18.2. The number of imidazole rings is 1. The van der Waals surface area contributed by atoms with Gasteiger partial charge in [0.2, 0.25) is 11.8 Å². The summed E-state index contributed by atoms with van der Waals surface area (Å²) in [5, 5.41) is 4.34. The molecule has 9 nitrogen and oxygen atoms in total. The van der Waals surface area contributed by atoms with Crippen LogP contribution in [0.2, 0.25) is 0 Å². The molecule has 2 N–H and O–H groups in total. The molecule has 0 amide bonds. The van der Waals surface area contributed by atoms with Gasteiger partial charge in [0, 0.05) is 19.1 Å². The first kappa shape index (κ1) is 20.3. The lowest BCUT2D eigenvalue weighted by Crippen LogP contribution is -2.44. The van der Waals surface area contributed by atoms with Crippen molar-refractivity contribution < 1.29 is 4.42 Å². The summed E-state index contributed by atoms with van der Waals surface area (Å²) >= 11 is 0. The smallest absolute Gasteiger partial charge is 0.293 e. The van der Waals surface area contributed by atoms with E-state index < -0.39 is 0 Å². The average Bonchev–Trinajstić information content (AvgIpc) is 3.36. The normalized spacial score (nSPS) is 16.5. The number of benzene rings is 1. The Morgan fingerprint density at radius 2 is 2.19 bits per heavy atom. The van der Waals surface area contributed by atoms with Crippen molar-refractivity contribution in [2.24, 2.45) is 5.73 Å². The summed E-state index contributed by atoms with van der Waals surface area (Å²) in [5.41, 5.74) is 9.47. The Bertz CT molecular complexity index is 1420. The lowest BCUT2D eigenvalue weighted by molar-refractivity contribution is 0.482. The number of nitrogens with zero attached hydrogens (tertiary/aromatic N) is 6. The van der Waals surface area contributed by atoms with Gasteiger partial charge in [-0.3, -0.25) is 9.36 Å². The molecule has 1 aliphatic heterocycles. The van der Waals surface area contributed by atoms with Gasteiger partial charge in [0.25, 0.3) is 5.56 Å². The molecule has 9 heteroatoms. The van der Waals surface area contributed by atoms with Crippen molar-refractivity contribution in [3.05, 3.63) is 46.2 Å². The molecular formula is C23H25N7O2. The molecule has 0 spiro atoms. The van der Waals surface area contributed by atoms with Crippen molar-refractivity contribution in [2.75, 3.05) is 18.0 Å². The number of anilines is 1. The highest BCUT2D eigenvalue weighted by atomic mass is 16.3. The maximum absolute atomic E-state index is 13.4. The highest BCUT2D eigenvalue weighted by Gasteiger charge is 2.24. The number of para-hydroxylation sites is 1. The molecule has 164 valence electrons. The second kappa shape index (κ2) is 8.13. The van der Waals surface area contributed by atoms with E-state index in [9.17, 15) is 4.79 Å². The SMILES string of the molecule is CC#CCn1c(N2CCCC(N)C2)nc2cnn(Cc3nc4c(C)cccc4o3)c(=O)c21. The van der Waals surface area contributed by atoms with Crippen LogP contribution < -0.4 is 16.2 Å². The van der Waals surface area contributed by atoms with Crippen LogP contribution in [-0.2, 0) is 13.1 Å². The van der Waals surface area contributed by atoms with E-state index in [2.05, 4.69) is 26.8 Å². The van der Waals surface area contributed by atoms with E-state index in [0.29, 0.717) is 41.5 Å². The molecule has 3 aromatic heterocycles. The van der Waals surface area contributed by atoms with Gasteiger partial charge < -0.3 is 15.1 Å². The third-order valence-corrected chi connectivity index (χ3v) is 5.84. The molecule has 4 heterocycles. The first-order valence-corrected chi connectivity index (χ1v) is 10.8. The van der Waals surface area contributed by atoms with Gasteiger partial charge in [0.15, 0.2) is 5.58 Å². The van der Waals surface area contributed by atoms with Crippen LogP contribution >= 0.6 is 0 Å². The fraction of sp³-hybridized carbons (Fsp3) is 0.391. The Hall–Kier alpha value is -3.64. The summed E-state index contributed by atoms with van der Waals surface area (Å²) in [6.45, 7) is 5.82. The molecule has 1 aliphatic rings. The number of fused-ring (bicyclic) bond motifs is 2. The standard InChI is InChI=1S/C23H25N7O2/c1-3-4-11-29-21-17(26-23(29)28-10-6-8-16(24)13-28)12-25-30(22(21)31)14-19-27-20-15(2)7-5-9-18(20)32-19/h5,7,9,12,16H,6,8,10-11,13-14,24H2,1-2H3. The molecule has 1 fully saturated rings. The third kappa shape index (κ3) is 3.52. The van der Waals surface area contributed by atoms with Crippen LogP contribution in [0.1, 0.15) is 31.2 Å². The zero-order valence-electron chi connectivity index (χ0n) is 18.2. The molecule has 0 saturated carbocycles. The van der Waals surface area contributed by atoms with Gasteiger partial charge in [0.1, 0.15) is 23.1 Å². The summed E-state index contributed by atoms with van der Waals surface area (Å²) < 4.78 is 9.09. The molecular weight excluding hydrogens is 406 g/mol. The fourth-order valence-electron chi connectivity index (χ4n) is 4.25. The van der Waals surface area contributed by atoms with Crippen molar-refractivity contribution in [1.29, 1.82) is 0 Å². The van der Waals surface area contributed by atoms with Gasteiger partial charge >= 0.3 is 0 Å². The minimum atomic E-state index is -0.251.